The molecule has 0 spiro atoms. The summed E-state index contributed by atoms with van der Waals surface area (Å²) in [5.41, 5.74) is 0. The third-order valence-corrected chi connectivity index (χ3v) is 5.03. The largest absolute Gasteiger partial charge is 0.340 e. The van der Waals surface area contributed by atoms with Crippen molar-refractivity contribution in [3.63, 3.8) is 0 Å². The van der Waals surface area contributed by atoms with E-state index in [0.29, 0.717) is 5.91 Å². The minimum atomic E-state index is 0.275. The molecular formula is C13H18BrNOS. The van der Waals surface area contributed by atoms with E-state index >= 15 is 0 Å². The summed E-state index contributed by atoms with van der Waals surface area (Å²) in [6, 6.07) is 2.09. The van der Waals surface area contributed by atoms with Crippen LogP contribution in [0, 0.1) is 5.92 Å². The Morgan fingerprint density at radius 3 is 2.76 bits per heavy atom. The molecule has 0 aromatic carbocycles. The molecule has 0 N–H and O–H groups in total. The molecular weight excluding hydrogens is 298 g/mol. The molecule has 2 nitrogen and oxygen atoms in total. The Hall–Kier alpha value is -0.350. The second-order valence-electron chi connectivity index (χ2n) is 4.76. The molecule has 4 heteroatoms. The first-order valence-electron chi connectivity index (χ1n) is 6.14. The van der Waals surface area contributed by atoms with Gasteiger partial charge in [-0.1, -0.05) is 19.3 Å². The van der Waals surface area contributed by atoms with Crippen LogP contribution in [0.1, 0.15) is 37.0 Å². The zero-order valence-electron chi connectivity index (χ0n) is 10.1. The topological polar surface area (TPSA) is 20.3 Å². The molecule has 94 valence electrons. The molecule has 0 atom stereocenters. The highest BCUT2D eigenvalue weighted by atomic mass is 79.9. The van der Waals surface area contributed by atoms with Gasteiger partial charge in [0.05, 0.1) is 6.54 Å². The van der Waals surface area contributed by atoms with Crippen LogP contribution in [0.25, 0.3) is 0 Å². The number of nitrogens with zero attached hydrogens (tertiary/aromatic N) is 1. The van der Waals surface area contributed by atoms with Crippen molar-refractivity contribution in [1.29, 1.82) is 0 Å². The van der Waals surface area contributed by atoms with Crippen molar-refractivity contribution in [3.05, 3.63) is 20.8 Å². The molecule has 1 heterocycles. The third kappa shape index (κ3) is 3.55. The van der Waals surface area contributed by atoms with Crippen LogP contribution < -0.4 is 0 Å². The lowest BCUT2D eigenvalue weighted by Crippen LogP contribution is -2.33. The smallest absolute Gasteiger partial charge is 0.225 e. The summed E-state index contributed by atoms with van der Waals surface area (Å²) in [7, 11) is 1.92. The van der Waals surface area contributed by atoms with E-state index in [1.54, 1.807) is 11.3 Å². The molecule has 1 aromatic heterocycles. The summed E-state index contributed by atoms with van der Waals surface area (Å²) in [5.74, 6) is 0.603. The lowest BCUT2D eigenvalue weighted by Gasteiger charge is -2.26. The van der Waals surface area contributed by atoms with Gasteiger partial charge in [-0.05, 0) is 34.8 Å². The third-order valence-electron chi connectivity index (χ3n) is 3.35. The minimum Gasteiger partial charge on any atom is -0.340 e. The quantitative estimate of drug-likeness (QED) is 0.824. The van der Waals surface area contributed by atoms with E-state index in [4.69, 9.17) is 0 Å². The van der Waals surface area contributed by atoms with E-state index in [1.165, 1.54) is 24.1 Å². The van der Waals surface area contributed by atoms with Crippen molar-refractivity contribution >= 4 is 33.2 Å². The number of carbonyl (C=O) groups excluding carboxylic acids is 1. The van der Waals surface area contributed by atoms with Gasteiger partial charge >= 0.3 is 0 Å². The maximum Gasteiger partial charge on any atom is 0.225 e. The van der Waals surface area contributed by atoms with Crippen molar-refractivity contribution in [2.45, 2.75) is 38.6 Å². The molecule has 1 aromatic rings. The lowest BCUT2D eigenvalue weighted by atomic mass is 9.88. The highest BCUT2D eigenvalue weighted by molar-refractivity contribution is 9.10. The summed E-state index contributed by atoms with van der Waals surface area (Å²) in [5, 5.41) is 2.06. The normalized spacial score (nSPS) is 17.1. The monoisotopic (exact) mass is 315 g/mol. The van der Waals surface area contributed by atoms with Gasteiger partial charge in [0.1, 0.15) is 0 Å². The number of amides is 1. The number of hydrogen-bond donors (Lipinski definition) is 0. The zero-order valence-corrected chi connectivity index (χ0v) is 12.5. The van der Waals surface area contributed by atoms with Gasteiger partial charge in [0.2, 0.25) is 5.91 Å². The highest BCUT2D eigenvalue weighted by Crippen LogP contribution is 2.26. The number of carbonyl (C=O) groups is 1. The van der Waals surface area contributed by atoms with Gasteiger partial charge in [-0.3, -0.25) is 4.79 Å². The molecule has 0 saturated heterocycles. The Morgan fingerprint density at radius 2 is 2.18 bits per heavy atom. The van der Waals surface area contributed by atoms with Gasteiger partial charge in [0.15, 0.2) is 0 Å². The maximum absolute atomic E-state index is 12.2. The van der Waals surface area contributed by atoms with E-state index in [9.17, 15) is 4.79 Å². The molecule has 1 aliphatic carbocycles. The van der Waals surface area contributed by atoms with Gasteiger partial charge in [-0.2, -0.15) is 0 Å². The Labute approximate surface area is 115 Å². The number of rotatable bonds is 3. The number of halogens is 1. The Bertz CT molecular complexity index is 385. The molecule has 0 unspecified atom stereocenters. The van der Waals surface area contributed by atoms with Gasteiger partial charge < -0.3 is 4.90 Å². The van der Waals surface area contributed by atoms with Crippen molar-refractivity contribution in [1.82, 2.24) is 4.90 Å². The fraction of sp³-hybridized carbons (Fsp3) is 0.615. The van der Waals surface area contributed by atoms with Crippen LogP contribution in [-0.2, 0) is 11.3 Å². The van der Waals surface area contributed by atoms with E-state index < -0.39 is 0 Å². The van der Waals surface area contributed by atoms with Crippen molar-refractivity contribution in [2.75, 3.05) is 7.05 Å². The standard InChI is InChI=1S/C13H18BrNOS/c1-15(8-12-7-11(14)9-17-12)13(16)10-5-3-2-4-6-10/h7,9-10H,2-6,8H2,1H3. The molecule has 2 rings (SSSR count). The first-order chi connectivity index (χ1) is 8.16. The van der Waals surface area contributed by atoms with Crippen molar-refractivity contribution in [2.24, 2.45) is 5.92 Å². The maximum atomic E-state index is 12.2. The second-order valence-corrected chi connectivity index (χ2v) is 6.67. The van der Waals surface area contributed by atoms with E-state index in [-0.39, 0.29) is 5.92 Å². The number of hydrogen-bond acceptors (Lipinski definition) is 2. The van der Waals surface area contributed by atoms with E-state index in [1.807, 2.05) is 11.9 Å². The van der Waals surface area contributed by atoms with Gasteiger partial charge in [0, 0.05) is 27.7 Å². The minimum absolute atomic E-state index is 0.275. The van der Waals surface area contributed by atoms with Crippen LogP contribution in [0.2, 0.25) is 0 Å². The van der Waals surface area contributed by atoms with Crippen LogP contribution in [0.4, 0.5) is 0 Å². The van der Waals surface area contributed by atoms with E-state index in [0.717, 1.165) is 23.9 Å². The Morgan fingerprint density at radius 1 is 1.47 bits per heavy atom. The number of thiophene rings is 1. The first kappa shape index (κ1) is 13.1. The van der Waals surface area contributed by atoms with Gasteiger partial charge in [-0.25, -0.2) is 0 Å². The molecule has 1 aliphatic rings. The summed E-state index contributed by atoms with van der Waals surface area (Å²) in [6.45, 7) is 0.742. The molecule has 17 heavy (non-hydrogen) atoms. The molecule has 0 bridgehead atoms. The summed E-state index contributed by atoms with van der Waals surface area (Å²) in [6.07, 6.45) is 5.89. The summed E-state index contributed by atoms with van der Waals surface area (Å²) >= 11 is 5.14. The van der Waals surface area contributed by atoms with Crippen molar-refractivity contribution < 1.29 is 4.79 Å². The van der Waals surface area contributed by atoms with Crippen LogP contribution >= 0.6 is 27.3 Å². The van der Waals surface area contributed by atoms with Crippen LogP contribution in [0.15, 0.2) is 15.9 Å². The van der Waals surface area contributed by atoms with Gasteiger partial charge in [0.25, 0.3) is 0 Å². The van der Waals surface area contributed by atoms with Crippen LogP contribution in [-0.4, -0.2) is 17.9 Å². The van der Waals surface area contributed by atoms with Crippen molar-refractivity contribution in [3.8, 4) is 0 Å². The molecule has 1 saturated carbocycles. The van der Waals surface area contributed by atoms with Gasteiger partial charge in [-0.15, -0.1) is 11.3 Å². The molecule has 0 aliphatic heterocycles. The SMILES string of the molecule is CN(Cc1cc(Br)cs1)C(=O)C1CCCCC1. The molecule has 1 amide bonds. The predicted molar refractivity (Wildman–Crippen MR) is 75.1 cm³/mol. The average molecular weight is 316 g/mol. The fourth-order valence-electron chi connectivity index (χ4n) is 2.41. The highest BCUT2D eigenvalue weighted by Gasteiger charge is 2.24. The van der Waals surface area contributed by atoms with Crippen LogP contribution in [0.3, 0.4) is 0 Å². The van der Waals surface area contributed by atoms with Crippen LogP contribution in [0.5, 0.6) is 0 Å². The molecule has 0 radical (unpaired) electrons. The molecule has 1 fully saturated rings. The first-order valence-corrected chi connectivity index (χ1v) is 7.82. The lowest BCUT2D eigenvalue weighted by molar-refractivity contribution is -0.135. The van der Waals surface area contributed by atoms with E-state index in [2.05, 4.69) is 27.4 Å². The summed E-state index contributed by atoms with van der Waals surface area (Å²) < 4.78 is 1.11. The Kier molecular flexibility index (Phi) is 4.62. The average Bonchev–Trinajstić information content (AvgIpc) is 2.75. The fourth-order valence-corrected chi connectivity index (χ4v) is 3.91. The zero-order chi connectivity index (χ0) is 12.3. The predicted octanol–water partition coefficient (Wildman–Crippen LogP) is 4.05. The summed E-state index contributed by atoms with van der Waals surface area (Å²) in [4.78, 5) is 15.4. The second kappa shape index (κ2) is 6.01. The Balaban J connectivity index is 1.90.